The smallest absolute Gasteiger partial charge is 0.0830 e. The highest BCUT2D eigenvalue weighted by atomic mass is 16.5. The summed E-state index contributed by atoms with van der Waals surface area (Å²) in [5, 5.41) is 3.79. The van der Waals surface area contributed by atoms with E-state index >= 15 is 0 Å². The number of hydrogen-bond acceptors (Lipinski definition) is 2. The number of rotatable bonds is 8. The van der Waals surface area contributed by atoms with Gasteiger partial charge in [-0.15, -0.1) is 0 Å². The molecule has 0 saturated heterocycles. The van der Waals surface area contributed by atoms with Crippen LogP contribution < -0.4 is 5.32 Å². The van der Waals surface area contributed by atoms with Crippen LogP contribution in [-0.2, 0) is 4.74 Å². The van der Waals surface area contributed by atoms with Gasteiger partial charge in [0.1, 0.15) is 0 Å². The minimum atomic E-state index is 0.141. The van der Waals surface area contributed by atoms with E-state index in [1.165, 1.54) is 64.2 Å². The van der Waals surface area contributed by atoms with E-state index in [1.54, 1.807) is 0 Å². The Labute approximate surface area is 113 Å². The molecular weight excluding hydrogens is 222 g/mol. The van der Waals surface area contributed by atoms with E-state index in [0.717, 1.165) is 12.5 Å². The zero-order valence-electron chi connectivity index (χ0n) is 12.3. The molecule has 0 bridgehead atoms. The van der Waals surface area contributed by atoms with Gasteiger partial charge in [-0.3, -0.25) is 0 Å². The molecule has 0 aromatic carbocycles. The van der Waals surface area contributed by atoms with E-state index in [0.29, 0.717) is 6.04 Å². The van der Waals surface area contributed by atoms with Crippen LogP contribution >= 0.6 is 0 Å². The van der Waals surface area contributed by atoms with Gasteiger partial charge in [-0.2, -0.15) is 0 Å². The van der Waals surface area contributed by atoms with Gasteiger partial charge in [0, 0.05) is 13.2 Å². The molecule has 1 N–H and O–H groups in total. The Hall–Kier alpha value is -0.0800. The highest BCUT2D eigenvalue weighted by Gasteiger charge is 2.40. The van der Waals surface area contributed by atoms with Gasteiger partial charge in [0.2, 0.25) is 0 Å². The average Bonchev–Trinajstić information content (AvgIpc) is 3.24. The van der Waals surface area contributed by atoms with Crippen LogP contribution in [0.25, 0.3) is 0 Å². The number of hydrogen-bond donors (Lipinski definition) is 1. The minimum absolute atomic E-state index is 0.141. The standard InChI is InChI=1S/C16H31NO/c1-3-13-17-15(10-9-14-7-8-14)16(18-2)11-5-4-6-12-16/h14-15,17H,3-13H2,1-2H3. The van der Waals surface area contributed by atoms with E-state index in [1.807, 2.05) is 7.11 Å². The molecule has 2 aliphatic rings. The number of ether oxygens (including phenoxy) is 1. The van der Waals surface area contributed by atoms with Gasteiger partial charge in [-0.1, -0.05) is 39.0 Å². The van der Waals surface area contributed by atoms with Crippen molar-refractivity contribution < 1.29 is 4.74 Å². The van der Waals surface area contributed by atoms with Crippen molar-refractivity contribution >= 4 is 0 Å². The highest BCUT2D eigenvalue weighted by molar-refractivity contribution is 4.96. The zero-order valence-corrected chi connectivity index (χ0v) is 12.3. The predicted octanol–water partition coefficient (Wildman–Crippen LogP) is 3.89. The summed E-state index contributed by atoms with van der Waals surface area (Å²) in [4.78, 5) is 0. The lowest BCUT2D eigenvalue weighted by molar-refractivity contribution is -0.0698. The first kappa shape index (κ1) is 14.3. The van der Waals surface area contributed by atoms with Crippen molar-refractivity contribution in [1.82, 2.24) is 5.32 Å². The molecule has 106 valence electrons. The van der Waals surface area contributed by atoms with Crippen LogP contribution in [0.4, 0.5) is 0 Å². The molecule has 0 aromatic heterocycles. The Bertz CT molecular complexity index is 231. The van der Waals surface area contributed by atoms with E-state index < -0.39 is 0 Å². The Morgan fingerprint density at radius 3 is 2.50 bits per heavy atom. The second-order valence-corrected chi connectivity index (χ2v) is 6.36. The van der Waals surface area contributed by atoms with Crippen molar-refractivity contribution in [3.63, 3.8) is 0 Å². The van der Waals surface area contributed by atoms with Gasteiger partial charge in [-0.25, -0.2) is 0 Å². The fourth-order valence-electron chi connectivity index (χ4n) is 3.52. The summed E-state index contributed by atoms with van der Waals surface area (Å²) in [7, 11) is 1.93. The first-order valence-corrected chi connectivity index (χ1v) is 8.09. The Balaban J connectivity index is 1.93. The predicted molar refractivity (Wildman–Crippen MR) is 76.9 cm³/mol. The van der Waals surface area contributed by atoms with Crippen LogP contribution in [0, 0.1) is 5.92 Å². The molecule has 0 spiro atoms. The molecular formula is C16H31NO. The molecule has 0 heterocycles. The fourth-order valence-corrected chi connectivity index (χ4v) is 3.52. The van der Waals surface area contributed by atoms with Crippen LogP contribution in [0.15, 0.2) is 0 Å². The van der Waals surface area contributed by atoms with Crippen molar-refractivity contribution in [3.05, 3.63) is 0 Å². The molecule has 0 aromatic rings. The third kappa shape index (κ3) is 3.71. The maximum atomic E-state index is 6.03. The minimum Gasteiger partial charge on any atom is -0.377 e. The van der Waals surface area contributed by atoms with Crippen molar-refractivity contribution in [2.45, 2.75) is 82.8 Å². The first-order valence-electron chi connectivity index (χ1n) is 8.09. The van der Waals surface area contributed by atoms with Crippen molar-refractivity contribution in [2.75, 3.05) is 13.7 Å². The largest absolute Gasteiger partial charge is 0.377 e. The molecule has 2 saturated carbocycles. The third-order valence-corrected chi connectivity index (χ3v) is 4.94. The van der Waals surface area contributed by atoms with E-state index in [2.05, 4.69) is 12.2 Å². The Morgan fingerprint density at radius 1 is 1.22 bits per heavy atom. The topological polar surface area (TPSA) is 21.3 Å². The lowest BCUT2D eigenvalue weighted by atomic mass is 9.77. The van der Waals surface area contributed by atoms with Gasteiger partial charge >= 0.3 is 0 Å². The van der Waals surface area contributed by atoms with Gasteiger partial charge in [-0.05, 0) is 44.6 Å². The lowest BCUT2D eigenvalue weighted by Gasteiger charge is -2.43. The Morgan fingerprint density at radius 2 is 1.94 bits per heavy atom. The van der Waals surface area contributed by atoms with Gasteiger partial charge in [0.15, 0.2) is 0 Å². The van der Waals surface area contributed by atoms with Gasteiger partial charge in [0.25, 0.3) is 0 Å². The first-order chi connectivity index (χ1) is 8.80. The van der Waals surface area contributed by atoms with E-state index in [-0.39, 0.29) is 5.60 Å². The summed E-state index contributed by atoms with van der Waals surface area (Å²) in [6.45, 7) is 3.39. The third-order valence-electron chi connectivity index (χ3n) is 4.94. The lowest BCUT2D eigenvalue weighted by Crippen LogP contribution is -2.53. The molecule has 1 unspecified atom stereocenters. The highest BCUT2D eigenvalue weighted by Crippen LogP contribution is 2.39. The molecule has 2 heteroatoms. The summed E-state index contributed by atoms with van der Waals surface area (Å²) in [5.74, 6) is 1.04. The van der Waals surface area contributed by atoms with Crippen LogP contribution in [0.2, 0.25) is 0 Å². The number of methoxy groups -OCH3 is 1. The fraction of sp³-hybridized carbons (Fsp3) is 1.00. The molecule has 0 radical (unpaired) electrons. The van der Waals surface area contributed by atoms with Gasteiger partial charge < -0.3 is 10.1 Å². The second kappa shape index (κ2) is 6.91. The molecule has 2 aliphatic carbocycles. The van der Waals surface area contributed by atoms with Gasteiger partial charge in [0.05, 0.1) is 5.60 Å². The maximum Gasteiger partial charge on any atom is 0.0830 e. The molecule has 2 rings (SSSR count). The second-order valence-electron chi connectivity index (χ2n) is 6.36. The van der Waals surface area contributed by atoms with Crippen molar-refractivity contribution in [3.8, 4) is 0 Å². The molecule has 1 atom stereocenters. The SMILES string of the molecule is CCCNC(CCC1CC1)C1(OC)CCCCC1. The van der Waals surface area contributed by atoms with Crippen molar-refractivity contribution in [2.24, 2.45) is 5.92 Å². The summed E-state index contributed by atoms with van der Waals surface area (Å²) in [5.41, 5.74) is 0.141. The van der Waals surface area contributed by atoms with E-state index in [9.17, 15) is 0 Å². The summed E-state index contributed by atoms with van der Waals surface area (Å²) < 4.78 is 6.03. The van der Waals surface area contributed by atoms with Crippen LogP contribution in [-0.4, -0.2) is 25.3 Å². The van der Waals surface area contributed by atoms with E-state index in [4.69, 9.17) is 4.74 Å². The number of nitrogens with one attached hydrogen (secondary N) is 1. The van der Waals surface area contributed by atoms with Crippen LogP contribution in [0.3, 0.4) is 0 Å². The molecule has 2 nitrogen and oxygen atoms in total. The Kier molecular flexibility index (Phi) is 5.50. The van der Waals surface area contributed by atoms with Crippen molar-refractivity contribution in [1.29, 1.82) is 0 Å². The monoisotopic (exact) mass is 253 g/mol. The summed E-state index contributed by atoms with van der Waals surface area (Å²) >= 11 is 0. The quantitative estimate of drug-likeness (QED) is 0.708. The summed E-state index contributed by atoms with van der Waals surface area (Å²) in [6.07, 6.45) is 13.5. The molecule has 2 fully saturated rings. The summed E-state index contributed by atoms with van der Waals surface area (Å²) in [6, 6.07) is 0.586. The van der Waals surface area contributed by atoms with Crippen LogP contribution in [0.5, 0.6) is 0 Å². The normalized spacial score (nSPS) is 25.0. The van der Waals surface area contributed by atoms with Crippen LogP contribution in [0.1, 0.15) is 71.1 Å². The molecule has 0 amide bonds. The zero-order chi connectivity index (χ0) is 12.8. The average molecular weight is 253 g/mol. The molecule has 18 heavy (non-hydrogen) atoms. The molecule has 0 aliphatic heterocycles. The maximum absolute atomic E-state index is 6.03.